The summed E-state index contributed by atoms with van der Waals surface area (Å²) in [5, 5.41) is 4.01. The third kappa shape index (κ3) is 2.80. The average molecular weight is 288 g/mol. The number of rotatable bonds is 3. The molecule has 0 saturated heterocycles. The molecule has 0 atom stereocenters. The van der Waals surface area contributed by atoms with Crippen molar-refractivity contribution in [3.05, 3.63) is 45.6 Å². The quantitative estimate of drug-likeness (QED) is 0.883. The van der Waals surface area contributed by atoms with E-state index in [1.54, 1.807) is 17.5 Å². The van der Waals surface area contributed by atoms with E-state index in [1.165, 1.54) is 23.5 Å². The summed E-state index contributed by atoms with van der Waals surface area (Å²) < 4.78 is 24.3. The highest BCUT2D eigenvalue weighted by molar-refractivity contribution is 7.90. The summed E-state index contributed by atoms with van der Waals surface area (Å²) in [5.74, 6) is -0.0545. The van der Waals surface area contributed by atoms with E-state index in [0.717, 1.165) is 5.56 Å². The molecule has 6 heteroatoms. The Morgan fingerprint density at radius 3 is 2.71 bits per heavy atom. The van der Waals surface area contributed by atoms with Crippen LogP contribution in [0.4, 0.5) is 5.69 Å². The van der Waals surface area contributed by atoms with Gasteiger partial charge in [-0.25, -0.2) is 8.42 Å². The van der Waals surface area contributed by atoms with Crippen molar-refractivity contribution in [2.45, 2.75) is 10.6 Å². The molecule has 17 heavy (non-hydrogen) atoms. The number of hydrogen-bond donors (Lipinski definition) is 1. The van der Waals surface area contributed by atoms with E-state index in [2.05, 4.69) is 0 Å². The molecule has 0 radical (unpaired) electrons. The summed E-state index contributed by atoms with van der Waals surface area (Å²) in [6, 6.07) is 6.24. The van der Waals surface area contributed by atoms with Crippen LogP contribution in [0.2, 0.25) is 5.02 Å². The van der Waals surface area contributed by atoms with Crippen molar-refractivity contribution in [1.29, 1.82) is 0 Å². The highest BCUT2D eigenvalue weighted by Crippen LogP contribution is 2.26. The van der Waals surface area contributed by atoms with Gasteiger partial charge in [0, 0.05) is 5.02 Å². The van der Waals surface area contributed by atoms with Crippen LogP contribution in [-0.4, -0.2) is 8.42 Å². The highest BCUT2D eigenvalue weighted by Gasteiger charge is 2.19. The molecule has 0 aliphatic carbocycles. The lowest BCUT2D eigenvalue weighted by Crippen LogP contribution is -2.07. The largest absolute Gasteiger partial charge is 0.398 e. The van der Waals surface area contributed by atoms with Gasteiger partial charge in [0.2, 0.25) is 0 Å². The Labute approximate surface area is 109 Å². The molecule has 2 rings (SSSR count). The van der Waals surface area contributed by atoms with Crippen LogP contribution in [-0.2, 0) is 15.6 Å². The van der Waals surface area contributed by atoms with Gasteiger partial charge >= 0.3 is 0 Å². The minimum absolute atomic E-state index is 0.0545. The monoisotopic (exact) mass is 287 g/mol. The molecule has 0 spiro atoms. The van der Waals surface area contributed by atoms with Gasteiger partial charge < -0.3 is 5.73 Å². The van der Waals surface area contributed by atoms with Crippen LogP contribution in [0.25, 0.3) is 0 Å². The van der Waals surface area contributed by atoms with Gasteiger partial charge in [-0.15, -0.1) is 0 Å². The summed E-state index contributed by atoms with van der Waals surface area (Å²) in [4.78, 5) is 0.0937. The summed E-state index contributed by atoms with van der Waals surface area (Å²) >= 11 is 7.25. The summed E-state index contributed by atoms with van der Waals surface area (Å²) in [7, 11) is -3.44. The maximum atomic E-state index is 12.1. The Hall–Kier alpha value is -1.04. The maximum Gasteiger partial charge on any atom is 0.184 e. The van der Waals surface area contributed by atoms with Gasteiger partial charge in [0.1, 0.15) is 0 Å². The molecule has 2 aromatic rings. The summed E-state index contributed by atoms with van der Waals surface area (Å²) in [6.45, 7) is 0. The Kier molecular flexibility index (Phi) is 3.42. The van der Waals surface area contributed by atoms with Crippen molar-refractivity contribution in [2.24, 2.45) is 0 Å². The van der Waals surface area contributed by atoms with Gasteiger partial charge in [-0.3, -0.25) is 0 Å². The van der Waals surface area contributed by atoms with Crippen molar-refractivity contribution in [2.75, 3.05) is 5.73 Å². The smallest absolute Gasteiger partial charge is 0.184 e. The predicted molar refractivity (Wildman–Crippen MR) is 71.1 cm³/mol. The number of halogens is 1. The minimum atomic E-state index is -3.44. The van der Waals surface area contributed by atoms with Gasteiger partial charge in [-0.2, -0.15) is 11.3 Å². The molecule has 0 saturated carbocycles. The number of thiophene rings is 1. The van der Waals surface area contributed by atoms with E-state index < -0.39 is 9.84 Å². The van der Waals surface area contributed by atoms with Crippen LogP contribution < -0.4 is 5.73 Å². The van der Waals surface area contributed by atoms with E-state index >= 15 is 0 Å². The zero-order valence-electron chi connectivity index (χ0n) is 8.76. The Morgan fingerprint density at radius 2 is 2.06 bits per heavy atom. The average Bonchev–Trinajstić information content (AvgIpc) is 2.73. The fraction of sp³-hybridized carbons (Fsp3) is 0.0909. The molecule has 0 aliphatic rings. The number of sulfone groups is 1. The number of nitrogen functional groups attached to an aromatic ring is 1. The van der Waals surface area contributed by atoms with Crippen molar-refractivity contribution in [3.8, 4) is 0 Å². The lowest BCUT2D eigenvalue weighted by molar-refractivity contribution is 0.596. The summed E-state index contributed by atoms with van der Waals surface area (Å²) in [6.07, 6.45) is 0. The van der Waals surface area contributed by atoms with Gasteiger partial charge in [-0.1, -0.05) is 11.6 Å². The predicted octanol–water partition coefficient (Wildman–Crippen LogP) is 2.96. The van der Waals surface area contributed by atoms with E-state index in [4.69, 9.17) is 17.3 Å². The molecule has 0 bridgehead atoms. The molecule has 1 heterocycles. The first kappa shape index (κ1) is 12.4. The zero-order chi connectivity index (χ0) is 12.5. The topological polar surface area (TPSA) is 60.2 Å². The first-order valence-corrected chi connectivity index (χ1v) is 7.75. The van der Waals surface area contributed by atoms with Crippen LogP contribution >= 0.6 is 22.9 Å². The molecule has 0 fully saturated rings. The van der Waals surface area contributed by atoms with Crippen LogP contribution in [0, 0.1) is 0 Å². The first-order valence-electron chi connectivity index (χ1n) is 4.78. The van der Waals surface area contributed by atoms with Gasteiger partial charge in [0.05, 0.1) is 16.3 Å². The van der Waals surface area contributed by atoms with Crippen molar-refractivity contribution in [3.63, 3.8) is 0 Å². The van der Waals surface area contributed by atoms with E-state index in [0.29, 0.717) is 5.02 Å². The number of nitrogens with two attached hydrogens (primary N) is 1. The molecule has 0 amide bonds. The van der Waals surface area contributed by atoms with Gasteiger partial charge in [-0.05, 0) is 40.6 Å². The molecule has 3 nitrogen and oxygen atoms in total. The third-order valence-corrected chi connectivity index (χ3v) is 4.95. The van der Waals surface area contributed by atoms with E-state index in [-0.39, 0.29) is 16.3 Å². The van der Waals surface area contributed by atoms with E-state index in [9.17, 15) is 8.42 Å². The molecule has 2 N–H and O–H groups in total. The SMILES string of the molecule is Nc1ccc(Cl)cc1S(=O)(=O)Cc1ccsc1. The lowest BCUT2D eigenvalue weighted by Gasteiger charge is -2.07. The number of anilines is 1. The number of hydrogen-bond acceptors (Lipinski definition) is 4. The Morgan fingerprint density at radius 1 is 1.29 bits per heavy atom. The maximum absolute atomic E-state index is 12.1. The fourth-order valence-electron chi connectivity index (χ4n) is 1.45. The molecule has 1 aromatic heterocycles. The third-order valence-electron chi connectivity index (χ3n) is 2.25. The standard InChI is InChI=1S/C11H10ClNO2S2/c12-9-1-2-10(13)11(5-9)17(14,15)7-8-3-4-16-6-8/h1-6H,7,13H2. The van der Waals surface area contributed by atoms with Crippen molar-refractivity contribution in [1.82, 2.24) is 0 Å². The second kappa shape index (κ2) is 4.68. The molecular formula is C11H10ClNO2S2. The lowest BCUT2D eigenvalue weighted by atomic mass is 10.3. The van der Waals surface area contributed by atoms with E-state index in [1.807, 2.05) is 5.38 Å². The van der Waals surface area contributed by atoms with Crippen LogP contribution in [0.5, 0.6) is 0 Å². The second-order valence-corrected chi connectivity index (χ2v) is 6.75. The second-order valence-electron chi connectivity index (χ2n) is 3.57. The molecule has 0 aliphatic heterocycles. The highest BCUT2D eigenvalue weighted by atomic mass is 35.5. The summed E-state index contributed by atoms with van der Waals surface area (Å²) in [5.41, 5.74) is 6.65. The van der Waals surface area contributed by atoms with Crippen molar-refractivity contribution < 1.29 is 8.42 Å². The zero-order valence-corrected chi connectivity index (χ0v) is 11.1. The van der Waals surface area contributed by atoms with Gasteiger partial charge in [0.25, 0.3) is 0 Å². The van der Waals surface area contributed by atoms with Crippen LogP contribution in [0.1, 0.15) is 5.56 Å². The molecular weight excluding hydrogens is 278 g/mol. The Balaban J connectivity index is 2.41. The Bertz CT molecular complexity index is 621. The normalized spacial score (nSPS) is 11.6. The van der Waals surface area contributed by atoms with Crippen LogP contribution in [0.3, 0.4) is 0 Å². The molecule has 90 valence electrons. The van der Waals surface area contributed by atoms with Gasteiger partial charge in [0.15, 0.2) is 9.84 Å². The molecule has 0 unspecified atom stereocenters. The number of benzene rings is 1. The first-order chi connectivity index (χ1) is 7.99. The minimum Gasteiger partial charge on any atom is -0.398 e. The van der Waals surface area contributed by atoms with Crippen LogP contribution in [0.15, 0.2) is 39.9 Å². The molecule has 1 aromatic carbocycles. The fourth-order valence-corrected chi connectivity index (χ4v) is 3.97. The van der Waals surface area contributed by atoms with Crippen molar-refractivity contribution >= 4 is 38.5 Å².